The van der Waals surface area contributed by atoms with Gasteiger partial charge in [0.15, 0.2) is 5.82 Å². The molecule has 2 N–H and O–H groups in total. The van der Waals surface area contributed by atoms with E-state index < -0.39 is 24.7 Å². The molecule has 0 radical (unpaired) electrons. The first kappa shape index (κ1) is 22.3. The third kappa shape index (κ3) is 4.09. The normalized spacial score (nSPS) is 18.1. The fourth-order valence-electron chi connectivity index (χ4n) is 3.97. The maximum atomic E-state index is 13.3. The first-order valence-electron chi connectivity index (χ1n) is 10.2. The van der Waals surface area contributed by atoms with E-state index in [2.05, 4.69) is 20.2 Å². The number of aromatic nitrogens is 2. The number of nitrogens with zero attached hydrogens (tertiary/aromatic N) is 4. The highest BCUT2D eigenvalue weighted by atomic mass is 19.4. The van der Waals surface area contributed by atoms with Crippen molar-refractivity contribution in [2.24, 2.45) is 0 Å². The predicted octanol–water partition coefficient (Wildman–Crippen LogP) is 2.74. The number of nitrogens with one attached hydrogen (secondary N) is 1. The van der Waals surface area contributed by atoms with Gasteiger partial charge in [0, 0.05) is 18.8 Å². The molecule has 1 saturated heterocycles. The van der Waals surface area contributed by atoms with Gasteiger partial charge in [-0.3, -0.25) is 9.69 Å². The summed E-state index contributed by atoms with van der Waals surface area (Å²) in [6.07, 6.45) is -4.47. The SMILES string of the molecule is CC1(C)C(=O)N(c2ccc(N3CCOCC3)cc2)c2nc(CO)nc(NCC(F)(F)F)c21. The molecular weight excluding hydrogens is 427 g/mol. The molecule has 0 spiro atoms. The van der Waals surface area contributed by atoms with Gasteiger partial charge in [0.25, 0.3) is 0 Å². The molecular formula is C21H24F3N5O3. The first-order valence-corrected chi connectivity index (χ1v) is 10.2. The van der Waals surface area contributed by atoms with Crippen LogP contribution in [0.5, 0.6) is 0 Å². The average Bonchev–Trinajstić information content (AvgIpc) is 2.97. The van der Waals surface area contributed by atoms with Crippen molar-refractivity contribution in [1.82, 2.24) is 9.97 Å². The molecule has 1 amide bonds. The highest BCUT2D eigenvalue weighted by Crippen LogP contribution is 2.47. The number of amides is 1. The van der Waals surface area contributed by atoms with Gasteiger partial charge < -0.3 is 20.1 Å². The second kappa shape index (κ2) is 8.21. The molecule has 1 aromatic carbocycles. The first-order chi connectivity index (χ1) is 15.1. The molecule has 0 saturated carbocycles. The van der Waals surface area contributed by atoms with Gasteiger partial charge in [0.1, 0.15) is 24.8 Å². The van der Waals surface area contributed by atoms with E-state index in [9.17, 15) is 23.1 Å². The van der Waals surface area contributed by atoms with Crippen LogP contribution in [-0.2, 0) is 21.6 Å². The van der Waals surface area contributed by atoms with E-state index in [-0.39, 0.29) is 28.9 Å². The third-order valence-electron chi connectivity index (χ3n) is 5.59. The number of fused-ring (bicyclic) bond motifs is 1. The van der Waals surface area contributed by atoms with Crippen molar-refractivity contribution in [1.29, 1.82) is 0 Å². The second-order valence-electron chi connectivity index (χ2n) is 8.20. The molecule has 2 aliphatic rings. The highest BCUT2D eigenvalue weighted by molar-refractivity contribution is 6.12. The Bertz CT molecular complexity index is 1000. The molecule has 2 aromatic rings. The Balaban J connectivity index is 1.73. The molecule has 0 unspecified atom stereocenters. The summed E-state index contributed by atoms with van der Waals surface area (Å²) in [5.41, 5.74) is 0.610. The molecule has 8 nitrogen and oxygen atoms in total. The fourth-order valence-corrected chi connectivity index (χ4v) is 3.97. The Labute approximate surface area is 183 Å². The number of ether oxygens (including phenoxy) is 1. The molecule has 2 aliphatic heterocycles. The number of benzene rings is 1. The maximum absolute atomic E-state index is 13.3. The third-order valence-corrected chi connectivity index (χ3v) is 5.59. The number of carbonyl (C=O) groups excluding carboxylic acids is 1. The molecule has 0 bridgehead atoms. The van der Waals surface area contributed by atoms with Crippen molar-refractivity contribution < 1.29 is 27.8 Å². The standard InChI is InChI=1S/C21H24F3N5O3/c1-20(2)16-17(25-12-21(22,23)24)26-15(11-30)27-18(16)29(19(20)31)14-5-3-13(4-6-14)28-7-9-32-10-8-28/h3-6,30H,7-12H2,1-2H3,(H,25,26,27). The molecule has 32 heavy (non-hydrogen) atoms. The van der Waals surface area contributed by atoms with Gasteiger partial charge in [-0.1, -0.05) is 0 Å². The lowest BCUT2D eigenvalue weighted by Gasteiger charge is -2.29. The van der Waals surface area contributed by atoms with E-state index in [0.29, 0.717) is 18.9 Å². The quantitative estimate of drug-likeness (QED) is 0.723. The van der Waals surface area contributed by atoms with Crippen molar-refractivity contribution in [2.75, 3.05) is 48.0 Å². The maximum Gasteiger partial charge on any atom is 0.405 e. The molecule has 172 valence electrons. The lowest BCUT2D eigenvalue weighted by Crippen LogP contribution is -2.36. The van der Waals surface area contributed by atoms with Crippen LogP contribution in [0.15, 0.2) is 24.3 Å². The number of aliphatic hydroxyl groups is 1. The van der Waals surface area contributed by atoms with Crippen LogP contribution in [-0.4, -0.2) is 60.0 Å². The number of aliphatic hydroxyl groups excluding tert-OH is 1. The van der Waals surface area contributed by atoms with Crippen LogP contribution in [0.2, 0.25) is 0 Å². The van der Waals surface area contributed by atoms with Gasteiger partial charge in [-0.2, -0.15) is 13.2 Å². The second-order valence-corrected chi connectivity index (χ2v) is 8.20. The summed E-state index contributed by atoms with van der Waals surface area (Å²) in [6.45, 7) is 4.16. The van der Waals surface area contributed by atoms with Gasteiger partial charge in [-0.25, -0.2) is 9.97 Å². The minimum Gasteiger partial charge on any atom is -0.388 e. The average molecular weight is 451 g/mol. The molecule has 3 heterocycles. The van der Waals surface area contributed by atoms with E-state index in [1.54, 1.807) is 26.0 Å². The van der Waals surface area contributed by atoms with Crippen LogP contribution in [0, 0.1) is 0 Å². The summed E-state index contributed by atoms with van der Waals surface area (Å²) in [7, 11) is 0. The molecule has 4 rings (SSSR count). The summed E-state index contributed by atoms with van der Waals surface area (Å²) in [5, 5.41) is 11.8. The van der Waals surface area contributed by atoms with Crippen molar-refractivity contribution >= 4 is 28.9 Å². The van der Waals surface area contributed by atoms with Gasteiger partial charge >= 0.3 is 6.18 Å². The van der Waals surface area contributed by atoms with E-state index in [1.165, 1.54) is 4.90 Å². The molecule has 11 heteroatoms. The summed E-state index contributed by atoms with van der Waals surface area (Å²) in [6, 6.07) is 7.32. The van der Waals surface area contributed by atoms with Crippen LogP contribution >= 0.6 is 0 Å². The van der Waals surface area contributed by atoms with Crippen LogP contribution in [0.1, 0.15) is 25.2 Å². The van der Waals surface area contributed by atoms with Gasteiger partial charge in [-0.15, -0.1) is 0 Å². The van der Waals surface area contributed by atoms with Crippen LogP contribution in [0.3, 0.4) is 0 Å². The number of halogens is 3. The monoisotopic (exact) mass is 451 g/mol. The minimum absolute atomic E-state index is 0.0751. The predicted molar refractivity (Wildman–Crippen MR) is 112 cm³/mol. The summed E-state index contributed by atoms with van der Waals surface area (Å²) < 4.78 is 43.9. The van der Waals surface area contributed by atoms with Gasteiger partial charge in [-0.05, 0) is 38.1 Å². The number of morpholine rings is 1. The Morgan fingerprint density at radius 3 is 2.34 bits per heavy atom. The van der Waals surface area contributed by atoms with Crippen molar-refractivity contribution in [3.63, 3.8) is 0 Å². The fraction of sp³-hybridized carbons (Fsp3) is 0.476. The molecule has 0 aliphatic carbocycles. The lowest BCUT2D eigenvalue weighted by molar-refractivity contribution is -0.121. The van der Waals surface area contributed by atoms with E-state index in [1.807, 2.05) is 12.1 Å². The van der Waals surface area contributed by atoms with E-state index in [4.69, 9.17) is 4.74 Å². The minimum atomic E-state index is -4.47. The number of hydrogen-bond donors (Lipinski definition) is 2. The smallest absolute Gasteiger partial charge is 0.388 e. The number of alkyl halides is 3. The number of rotatable bonds is 5. The number of hydrogen-bond acceptors (Lipinski definition) is 7. The zero-order valence-corrected chi connectivity index (χ0v) is 17.7. The Hall–Kier alpha value is -2.92. The number of carbonyl (C=O) groups is 1. The zero-order chi connectivity index (χ0) is 23.1. The lowest BCUT2D eigenvalue weighted by atomic mass is 9.87. The summed E-state index contributed by atoms with van der Waals surface area (Å²) in [5.74, 6) is -0.357. The molecule has 0 atom stereocenters. The Morgan fingerprint density at radius 2 is 1.75 bits per heavy atom. The van der Waals surface area contributed by atoms with Gasteiger partial charge in [0.05, 0.1) is 29.9 Å². The van der Waals surface area contributed by atoms with Crippen molar-refractivity contribution in [2.45, 2.75) is 32.0 Å². The van der Waals surface area contributed by atoms with Crippen molar-refractivity contribution in [3.8, 4) is 0 Å². The van der Waals surface area contributed by atoms with E-state index in [0.717, 1.165) is 18.8 Å². The summed E-state index contributed by atoms with van der Waals surface area (Å²) in [4.78, 5) is 25.2. The van der Waals surface area contributed by atoms with E-state index >= 15 is 0 Å². The van der Waals surface area contributed by atoms with Gasteiger partial charge in [0.2, 0.25) is 5.91 Å². The van der Waals surface area contributed by atoms with Crippen LogP contribution in [0.4, 0.5) is 36.2 Å². The molecule has 1 aromatic heterocycles. The Morgan fingerprint density at radius 1 is 1.12 bits per heavy atom. The van der Waals surface area contributed by atoms with Crippen LogP contribution in [0.25, 0.3) is 0 Å². The Kier molecular flexibility index (Phi) is 5.72. The number of anilines is 4. The highest BCUT2D eigenvalue weighted by Gasteiger charge is 2.48. The zero-order valence-electron chi connectivity index (χ0n) is 17.7. The topological polar surface area (TPSA) is 90.8 Å². The van der Waals surface area contributed by atoms with Crippen molar-refractivity contribution in [3.05, 3.63) is 35.7 Å². The summed E-state index contributed by atoms with van der Waals surface area (Å²) >= 11 is 0. The molecule has 1 fully saturated rings. The largest absolute Gasteiger partial charge is 0.405 e. The van der Waals surface area contributed by atoms with Crippen LogP contribution < -0.4 is 15.1 Å².